The summed E-state index contributed by atoms with van der Waals surface area (Å²) in [5, 5.41) is 0. The van der Waals surface area contributed by atoms with Gasteiger partial charge in [-0.15, -0.1) is 0 Å². The molecule has 0 saturated heterocycles. The van der Waals surface area contributed by atoms with Gasteiger partial charge in [-0.3, -0.25) is 9.59 Å². The van der Waals surface area contributed by atoms with Gasteiger partial charge in [-0.2, -0.15) is 0 Å². The normalized spacial score (nSPS) is 10.6. The molecule has 0 N–H and O–H groups in total. The zero-order valence-electron chi connectivity index (χ0n) is 16.4. The minimum atomic E-state index is -0.0997. The second-order valence-corrected chi connectivity index (χ2v) is 6.67. The van der Waals surface area contributed by atoms with Crippen molar-refractivity contribution in [3.63, 3.8) is 0 Å². The Morgan fingerprint density at radius 2 is 0.960 bits per heavy atom. The molecule has 0 rings (SSSR count). The van der Waals surface area contributed by atoms with E-state index in [0.717, 1.165) is 51.6 Å². The maximum atomic E-state index is 11.5. The summed E-state index contributed by atoms with van der Waals surface area (Å²) in [5.41, 5.74) is 0. The van der Waals surface area contributed by atoms with Crippen LogP contribution in [-0.4, -0.2) is 76.2 Å². The van der Waals surface area contributed by atoms with Crippen molar-refractivity contribution in [1.82, 2.24) is 9.80 Å². The van der Waals surface area contributed by atoms with E-state index in [4.69, 9.17) is 9.47 Å². The lowest BCUT2D eigenvalue weighted by Crippen LogP contribution is -3.00. The Morgan fingerprint density at radius 3 is 1.28 bits per heavy atom. The van der Waals surface area contributed by atoms with Crippen LogP contribution in [0.2, 0.25) is 0 Å². The number of esters is 2. The predicted molar refractivity (Wildman–Crippen MR) is 96.0 cm³/mol. The van der Waals surface area contributed by atoms with Crippen LogP contribution in [0, 0.1) is 0 Å². The first-order chi connectivity index (χ1) is 11.4. The molecule has 0 amide bonds. The monoisotopic (exact) mass is 379 g/mol. The van der Waals surface area contributed by atoms with Gasteiger partial charge in [0.05, 0.1) is 0 Å². The van der Waals surface area contributed by atoms with E-state index in [1.54, 1.807) is 0 Å². The average Bonchev–Trinajstić information content (AvgIpc) is 2.49. The van der Waals surface area contributed by atoms with Crippen LogP contribution in [0.15, 0.2) is 0 Å². The van der Waals surface area contributed by atoms with E-state index in [1.165, 1.54) is 0 Å². The lowest BCUT2D eigenvalue weighted by molar-refractivity contribution is -0.145. The molecule has 0 aliphatic rings. The molecule has 0 aromatic carbocycles. The second-order valence-electron chi connectivity index (χ2n) is 6.67. The van der Waals surface area contributed by atoms with Crippen molar-refractivity contribution in [2.24, 2.45) is 0 Å². The van der Waals surface area contributed by atoms with Gasteiger partial charge in [0, 0.05) is 25.9 Å². The fourth-order valence-corrected chi connectivity index (χ4v) is 2.07. The fraction of sp³-hybridized carbons (Fsp3) is 0.889. The van der Waals surface area contributed by atoms with Crippen LogP contribution in [0.25, 0.3) is 0 Å². The van der Waals surface area contributed by atoms with Gasteiger partial charge in [-0.25, -0.2) is 0 Å². The number of ether oxygens (including phenoxy) is 2. The van der Waals surface area contributed by atoms with Gasteiger partial charge in [0.2, 0.25) is 0 Å². The number of unbranched alkanes of at least 4 members (excludes halogenated alkanes) is 5. The number of rotatable bonds is 15. The Kier molecular flexibility index (Phi) is 18.9. The third-order valence-corrected chi connectivity index (χ3v) is 3.61. The summed E-state index contributed by atoms with van der Waals surface area (Å²) in [6.45, 7) is 2.47. The number of hydrogen-bond acceptors (Lipinski definition) is 6. The SMILES string of the molecule is CN(C)CCOC(=O)CCCCCCCCC(=O)OCCN(C)C.[Cl-]. The summed E-state index contributed by atoms with van der Waals surface area (Å²) in [6, 6.07) is 0. The van der Waals surface area contributed by atoms with Crippen LogP contribution in [-0.2, 0) is 19.1 Å². The Labute approximate surface area is 159 Å². The first kappa shape index (κ1) is 26.4. The summed E-state index contributed by atoms with van der Waals surface area (Å²) in [6.07, 6.45) is 7.05. The molecular weight excluding hydrogens is 344 g/mol. The van der Waals surface area contributed by atoms with Crippen molar-refractivity contribution >= 4 is 11.9 Å². The largest absolute Gasteiger partial charge is 1.00 e. The van der Waals surface area contributed by atoms with Crippen molar-refractivity contribution in [3.05, 3.63) is 0 Å². The molecular formula is C18H36ClN2O4-. The molecule has 6 nitrogen and oxygen atoms in total. The first-order valence-electron chi connectivity index (χ1n) is 9.02. The highest BCUT2D eigenvalue weighted by atomic mass is 35.5. The molecule has 0 aliphatic carbocycles. The van der Waals surface area contributed by atoms with E-state index in [-0.39, 0.29) is 24.3 Å². The second kappa shape index (κ2) is 18.0. The summed E-state index contributed by atoms with van der Waals surface area (Å²) >= 11 is 0. The van der Waals surface area contributed by atoms with E-state index in [0.29, 0.717) is 26.1 Å². The number of halogens is 1. The molecule has 0 fully saturated rings. The molecule has 0 radical (unpaired) electrons. The Bertz CT molecular complexity index is 307. The highest BCUT2D eigenvalue weighted by Crippen LogP contribution is 2.09. The van der Waals surface area contributed by atoms with Crippen LogP contribution in [0.1, 0.15) is 51.4 Å². The highest BCUT2D eigenvalue weighted by Gasteiger charge is 2.04. The molecule has 0 spiro atoms. The van der Waals surface area contributed by atoms with E-state index in [9.17, 15) is 9.59 Å². The number of carbonyl (C=O) groups excluding carboxylic acids is 2. The van der Waals surface area contributed by atoms with Crippen LogP contribution >= 0.6 is 0 Å². The zero-order chi connectivity index (χ0) is 18.2. The highest BCUT2D eigenvalue weighted by molar-refractivity contribution is 5.69. The molecule has 0 heterocycles. The van der Waals surface area contributed by atoms with Crippen LogP contribution < -0.4 is 12.4 Å². The van der Waals surface area contributed by atoms with Gasteiger partial charge >= 0.3 is 11.9 Å². The predicted octanol–water partition coefficient (Wildman–Crippen LogP) is -0.679. The topological polar surface area (TPSA) is 59.1 Å². The van der Waals surface area contributed by atoms with E-state index >= 15 is 0 Å². The van der Waals surface area contributed by atoms with Crippen molar-refractivity contribution in [2.45, 2.75) is 51.4 Å². The van der Waals surface area contributed by atoms with Gasteiger partial charge in [-0.1, -0.05) is 25.7 Å². The molecule has 0 unspecified atom stereocenters. The van der Waals surface area contributed by atoms with Crippen molar-refractivity contribution in [1.29, 1.82) is 0 Å². The summed E-state index contributed by atoms with van der Waals surface area (Å²) in [7, 11) is 7.82. The lowest BCUT2D eigenvalue weighted by Gasteiger charge is -2.10. The molecule has 0 aromatic rings. The third-order valence-electron chi connectivity index (χ3n) is 3.61. The van der Waals surface area contributed by atoms with Gasteiger partial charge in [0.15, 0.2) is 0 Å². The molecule has 0 aromatic heterocycles. The first-order valence-corrected chi connectivity index (χ1v) is 9.02. The zero-order valence-corrected chi connectivity index (χ0v) is 17.1. The van der Waals surface area contributed by atoms with Gasteiger partial charge in [-0.05, 0) is 41.0 Å². The van der Waals surface area contributed by atoms with Crippen LogP contribution in [0.4, 0.5) is 0 Å². The summed E-state index contributed by atoms with van der Waals surface area (Å²) in [4.78, 5) is 26.9. The number of nitrogens with zero attached hydrogens (tertiary/aromatic N) is 2. The van der Waals surface area contributed by atoms with Gasteiger partial charge in [0.1, 0.15) is 13.2 Å². The van der Waals surface area contributed by atoms with Gasteiger partial charge < -0.3 is 31.7 Å². The maximum Gasteiger partial charge on any atom is 0.305 e. The maximum absolute atomic E-state index is 11.5. The Hall–Kier alpha value is -0.850. The Morgan fingerprint density at radius 1 is 0.640 bits per heavy atom. The molecule has 25 heavy (non-hydrogen) atoms. The van der Waals surface area contributed by atoms with Crippen molar-refractivity contribution < 1.29 is 31.5 Å². The third kappa shape index (κ3) is 21.1. The lowest BCUT2D eigenvalue weighted by atomic mass is 10.1. The van der Waals surface area contributed by atoms with E-state index in [2.05, 4.69) is 0 Å². The molecule has 0 aliphatic heterocycles. The van der Waals surface area contributed by atoms with Crippen LogP contribution in [0.3, 0.4) is 0 Å². The number of hydrogen-bond donors (Lipinski definition) is 0. The summed E-state index contributed by atoms with van der Waals surface area (Å²) in [5.74, 6) is -0.199. The minimum absolute atomic E-state index is 0. The number of carbonyl (C=O) groups is 2. The smallest absolute Gasteiger partial charge is 0.305 e. The molecule has 0 bridgehead atoms. The van der Waals surface area contributed by atoms with E-state index in [1.807, 2.05) is 38.0 Å². The van der Waals surface area contributed by atoms with Crippen molar-refractivity contribution in [2.75, 3.05) is 54.5 Å². The minimum Gasteiger partial charge on any atom is -1.00 e. The van der Waals surface area contributed by atoms with E-state index < -0.39 is 0 Å². The fourth-order valence-electron chi connectivity index (χ4n) is 2.07. The summed E-state index contributed by atoms with van der Waals surface area (Å²) < 4.78 is 10.3. The van der Waals surface area contributed by atoms with Gasteiger partial charge in [0.25, 0.3) is 0 Å². The quantitative estimate of drug-likeness (QED) is 0.277. The molecule has 7 heteroatoms. The number of likely N-dealkylation sites (N-methyl/N-ethyl adjacent to an activating group) is 2. The van der Waals surface area contributed by atoms with Crippen LogP contribution in [0.5, 0.6) is 0 Å². The average molecular weight is 380 g/mol. The molecule has 150 valence electrons. The van der Waals surface area contributed by atoms with Crippen molar-refractivity contribution in [3.8, 4) is 0 Å². The Balaban J connectivity index is 0. The molecule has 0 atom stereocenters. The standard InChI is InChI=1S/C18H36N2O4.ClH/c1-19(2)13-15-23-17(21)11-9-7-5-6-8-10-12-18(22)24-16-14-20(3)4;/h5-16H2,1-4H3;1H/p-1. The molecule has 0 saturated carbocycles.